The molecular weight excluding hydrogens is 632 g/mol. The molecule has 0 aliphatic heterocycles. The maximum absolute atomic E-state index is 14.6. The molecule has 8 aromatic rings. The number of aromatic hydroxyl groups is 4. The van der Waals surface area contributed by atoms with Gasteiger partial charge in [0.2, 0.25) is 0 Å². The summed E-state index contributed by atoms with van der Waals surface area (Å²) in [6, 6.07) is 25.0. The minimum absolute atomic E-state index is 0.156. The SMILES string of the molecule is Oc1ccc2cc(F)ccc2c1-c1c(O)c(Cc2cc3cc(F)ccc3c(-c3c(O)ccc4cc(F)ccc34)c2O)cc2cc(F)ccc12. The molecule has 4 nitrogen and oxygen atoms in total. The molecule has 0 radical (unpaired) electrons. The lowest BCUT2D eigenvalue weighted by molar-refractivity contribution is 0.462. The lowest BCUT2D eigenvalue weighted by Gasteiger charge is -2.20. The van der Waals surface area contributed by atoms with Crippen molar-refractivity contribution in [1.82, 2.24) is 0 Å². The van der Waals surface area contributed by atoms with Crippen LogP contribution in [0.1, 0.15) is 11.1 Å². The monoisotopic (exact) mass is 656 g/mol. The van der Waals surface area contributed by atoms with Gasteiger partial charge >= 0.3 is 0 Å². The van der Waals surface area contributed by atoms with Crippen molar-refractivity contribution in [3.63, 3.8) is 0 Å². The van der Waals surface area contributed by atoms with Gasteiger partial charge in [0.05, 0.1) is 0 Å². The zero-order valence-electron chi connectivity index (χ0n) is 25.4. The summed E-state index contributed by atoms with van der Waals surface area (Å²) in [4.78, 5) is 0. The van der Waals surface area contributed by atoms with Gasteiger partial charge in [-0.15, -0.1) is 0 Å². The first-order chi connectivity index (χ1) is 23.6. The van der Waals surface area contributed by atoms with Crippen LogP contribution in [0.25, 0.3) is 65.3 Å². The van der Waals surface area contributed by atoms with Gasteiger partial charge in [-0.2, -0.15) is 0 Å². The third-order valence-corrected chi connectivity index (χ3v) is 9.11. The Kier molecular flexibility index (Phi) is 6.85. The highest BCUT2D eigenvalue weighted by Crippen LogP contribution is 2.50. The first-order valence-electron chi connectivity index (χ1n) is 15.3. The quantitative estimate of drug-likeness (QED) is 0.142. The van der Waals surface area contributed by atoms with Crippen LogP contribution in [0.3, 0.4) is 0 Å². The Bertz CT molecular complexity index is 2500. The Balaban J connectivity index is 1.41. The van der Waals surface area contributed by atoms with Gasteiger partial charge in [0, 0.05) is 28.7 Å². The number of hydrogen-bond acceptors (Lipinski definition) is 4. The van der Waals surface area contributed by atoms with E-state index in [1.807, 2.05) is 0 Å². The molecule has 0 saturated heterocycles. The Labute approximate surface area is 276 Å². The van der Waals surface area contributed by atoms with Crippen molar-refractivity contribution in [2.45, 2.75) is 6.42 Å². The predicted octanol–water partition coefficient (Wildman–Crippen LogP) is 10.6. The molecule has 0 heterocycles. The van der Waals surface area contributed by atoms with Crippen molar-refractivity contribution in [2.24, 2.45) is 0 Å². The van der Waals surface area contributed by atoms with Crippen LogP contribution in [0.5, 0.6) is 23.0 Å². The van der Waals surface area contributed by atoms with Crippen LogP contribution in [-0.2, 0) is 6.42 Å². The number of phenolic OH excluding ortho intramolecular Hbond substituents is 4. The fourth-order valence-corrected chi connectivity index (χ4v) is 6.93. The van der Waals surface area contributed by atoms with Crippen LogP contribution in [0.15, 0.2) is 109 Å². The average molecular weight is 657 g/mol. The van der Waals surface area contributed by atoms with E-state index in [0.29, 0.717) is 43.1 Å². The molecule has 0 atom stereocenters. The Hall–Kier alpha value is -6.28. The summed E-state index contributed by atoms with van der Waals surface area (Å²) in [6.07, 6.45) is -0.156. The topological polar surface area (TPSA) is 80.9 Å². The van der Waals surface area contributed by atoms with Gasteiger partial charge in [-0.3, -0.25) is 0 Å². The fraction of sp³-hybridized carbons (Fsp3) is 0.0244. The smallest absolute Gasteiger partial charge is 0.127 e. The molecule has 0 fully saturated rings. The molecular formula is C41H24F4O4. The maximum atomic E-state index is 14.6. The second kappa shape index (κ2) is 11.2. The van der Waals surface area contributed by atoms with Crippen molar-refractivity contribution in [3.8, 4) is 45.3 Å². The molecule has 0 aliphatic rings. The number of halogens is 4. The van der Waals surface area contributed by atoms with Gasteiger partial charge < -0.3 is 20.4 Å². The van der Waals surface area contributed by atoms with Crippen molar-refractivity contribution in [2.75, 3.05) is 0 Å². The van der Waals surface area contributed by atoms with Gasteiger partial charge in [0.1, 0.15) is 46.3 Å². The standard InChI is InChI=1S/C41H24F4O4/c42-26-3-7-30-20(16-26)1-11-34(46)36(30)38-32-9-5-28(44)18-22(32)13-24(40(38)48)15-25-14-23-19-29(45)6-10-33(23)39(41(25)49)37-31-8-4-27(43)17-21(31)2-12-35(37)47/h1-14,16-19,46-49H,15H2. The zero-order chi connectivity index (χ0) is 34.1. The van der Waals surface area contributed by atoms with E-state index in [9.17, 15) is 38.0 Å². The van der Waals surface area contributed by atoms with E-state index >= 15 is 0 Å². The number of benzene rings is 8. The molecule has 0 unspecified atom stereocenters. The second-order valence-electron chi connectivity index (χ2n) is 12.1. The van der Waals surface area contributed by atoms with E-state index in [2.05, 4.69) is 0 Å². The van der Waals surface area contributed by atoms with E-state index < -0.39 is 23.3 Å². The van der Waals surface area contributed by atoms with Crippen LogP contribution in [0, 0.1) is 23.3 Å². The molecule has 8 aromatic carbocycles. The van der Waals surface area contributed by atoms with Crippen molar-refractivity contribution < 1.29 is 38.0 Å². The van der Waals surface area contributed by atoms with Gasteiger partial charge in [-0.05, 0) is 127 Å². The van der Waals surface area contributed by atoms with Crippen LogP contribution in [0.2, 0.25) is 0 Å². The van der Waals surface area contributed by atoms with Gasteiger partial charge in [-0.1, -0.05) is 36.4 Å². The van der Waals surface area contributed by atoms with Gasteiger partial charge in [0.25, 0.3) is 0 Å². The largest absolute Gasteiger partial charge is 0.507 e. The fourth-order valence-electron chi connectivity index (χ4n) is 6.93. The Morgan fingerprint density at radius 2 is 0.673 bits per heavy atom. The number of hydrogen-bond donors (Lipinski definition) is 4. The maximum Gasteiger partial charge on any atom is 0.127 e. The second-order valence-corrected chi connectivity index (χ2v) is 12.1. The van der Waals surface area contributed by atoms with Gasteiger partial charge in [0.15, 0.2) is 0 Å². The van der Waals surface area contributed by atoms with E-state index in [4.69, 9.17) is 0 Å². The molecule has 0 amide bonds. The molecule has 0 saturated carbocycles. The zero-order valence-corrected chi connectivity index (χ0v) is 25.4. The molecule has 49 heavy (non-hydrogen) atoms. The Morgan fingerprint density at radius 1 is 0.347 bits per heavy atom. The molecule has 0 aromatic heterocycles. The summed E-state index contributed by atoms with van der Waals surface area (Å²) in [5.74, 6) is -3.05. The molecule has 0 spiro atoms. The van der Waals surface area contributed by atoms with Crippen molar-refractivity contribution in [1.29, 1.82) is 0 Å². The first-order valence-corrected chi connectivity index (χ1v) is 15.3. The summed E-state index contributed by atoms with van der Waals surface area (Å²) in [7, 11) is 0. The third kappa shape index (κ3) is 4.92. The minimum Gasteiger partial charge on any atom is -0.507 e. The highest BCUT2D eigenvalue weighted by molar-refractivity contribution is 6.12. The lowest BCUT2D eigenvalue weighted by Crippen LogP contribution is -1.97. The molecule has 4 N–H and O–H groups in total. The van der Waals surface area contributed by atoms with E-state index in [-0.39, 0.29) is 62.8 Å². The van der Waals surface area contributed by atoms with E-state index in [0.717, 1.165) is 0 Å². The number of phenols is 4. The Morgan fingerprint density at radius 3 is 1.04 bits per heavy atom. The number of rotatable bonds is 4. The van der Waals surface area contributed by atoms with Crippen LogP contribution >= 0.6 is 0 Å². The average Bonchev–Trinajstić information content (AvgIpc) is 3.07. The summed E-state index contributed by atoms with van der Waals surface area (Å²) in [6.45, 7) is 0. The molecule has 0 bridgehead atoms. The van der Waals surface area contributed by atoms with E-state index in [1.54, 1.807) is 24.3 Å². The van der Waals surface area contributed by atoms with Crippen molar-refractivity contribution in [3.05, 3.63) is 144 Å². The highest BCUT2D eigenvalue weighted by atomic mass is 19.1. The van der Waals surface area contributed by atoms with Crippen LogP contribution in [-0.4, -0.2) is 20.4 Å². The molecule has 240 valence electrons. The van der Waals surface area contributed by atoms with Crippen LogP contribution < -0.4 is 0 Å². The molecule has 8 heteroatoms. The van der Waals surface area contributed by atoms with Gasteiger partial charge in [-0.25, -0.2) is 17.6 Å². The summed E-state index contributed by atoms with van der Waals surface area (Å²) in [5, 5.41) is 49.5. The van der Waals surface area contributed by atoms with E-state index in [1.165, 1.54) is 84.9 Å². The normalized spacial score (nSPS) is 11.7. The highest BCUT2D eigenvalue weighted by Gasteiger charge is 2.24. The summed E-state index contributed by atoms with van der Waals surface area (Å²) in [5.41, 5.74) is 1.20. The van der Waals surface area contributed by atoms with Crippen LogP contribution in [0.4, 0.5) is 17.6 Å². The predicted molar refractivity (Wildman–Crippen MR) is 183 cm³/mol. The minimum atomic E-state index is -0.548. The van der Waals surface area contributed by atoms with Crippen molar-refractivity contribution >= 4 is 43.1 Å². The molecule has 8 rings (SSSR count). The summed E-state index contributed by atoms with van der Waals surface area (Å²) >= 11 is 0. The molecule has 0 aliphatic carbocycles. The first kappa shape index (κ1) is 30.1. The third-order valence-electron chi connectivity index (χ3n) is 9.11. The summed E-state index contributed by atoms with van der Waals surface area (Å²) < 4.78 is 57.6. The number of fused-ring (bicyclic) bond motifs is 4. The lowest BCUT2D eigenvalue weighted by atomic mass is 9.86.